The summed E-state index contributed by atoms with van der Waals surface area (Å²) in [7, 11) is 3.26. The quantitative estimate of drug-likeness (QED) is 0.466. The van der Waals surface area contributed by atoms with Crippen molar-refractivity contribution >= 4 is 33.4 Å². The number of aromatic nitrogens is 3. The number of anilines is 1. The Morgan fingerprint density at radius 2 is 2.00 bits per heavy atom. The first-order valence-electron chi connectivity index (χ1n) is 9.45. The number of fused-ring (bicyclic) bond motifs is 3. The van der Waals surface area contributed by atoms with Crippen molar-refractivity contribution in [3.05, 3.63) is 46.4 Å². The predicted molar refractivity (Wildman–Crippen MR) is 121 cm³/mol. The smallest absolute Gasteiger partial charge is 0.247 e. The lowest BCUT2D eigenvalue weighted by atomic mass is 10.1. The maximum Gasteiger partial charge on any atom is 0.247 e. The minimum absolute atomic E-state index is 0.419. The van der Waals surface area contributed by atoms with Crippen LogP contribution in [0, 0.1) is 0 Å². The molecule has 2 heterocycles. The van der Waals surface area contributed by atoms with E-state index in [1.807, 2.05) is 36.4 Å². The Morgan fingerprint density at radius 3 is 2.77 bits per heavy atom. The van der Waals surface area contributed by atoms with E-state index in [9.17, 15) is 0 Å². The number of methoxy groups -OCH3 is 2. The van der Waals surface area contributed by atoms with E-state index in [0.717, 1.165) is 33.5 Å². The molecular formula is C21H21BrN4O3S. The van der Waals surface area contributed by atoms with Crippen LogP contribution in [-0.4, -0.2) is 35.2 Å². The lowest BCUT2D eigenvalue weighted by Gasteiger charge is -2.22. The van der Waals surface area contributed by atoms with Crippen LogP contribution in [0.3, 0.4) is 0 Å². The van der Waals surface area contributed by atoms with E-state index in [1.165, 1.54) is 0 Å². The summed E-state index contributed by atoms with van der Waals surface area (Å²) in [5.74, 6) is 2.71. The third-order valence-electron chi connectivity index (χ3n) is 4.54. The molecule has 1 aliphatic heterocycles. The van der Waals surface area contributed by atoms with Crippen LogP contribution in [0.2, 0.25) is 0 Å². The summed E-state index contributed by atoms with van der Waals surface area (Å²) in [4.78, 5) is 4.65. The van der Waals surface area contributed by atoms with Gasteiger partial charge in [0.25, 0.3) is 0 Å². The van der Waals surface area contributed by atoms with E-state index in [4.69, 9.17) is 14.2 Å². The summed E-state index contributed by atoms with van der Waals surface area (Å²) in [6.45, 7) is 2.11. The maximum atomic E-state index is 6.34. The molecule has 30 heavy (non-hydrogen) atoms. The number of ether oxygens (including phenoxy) is 3. The van der Waals surface area contributed by atoms with Gasteiger partial charge in [-0.2, -0.15) is 4.98 Å². The fourth-order valence-corrected chi connectivity index (χ4v) is 4.10. The Kier molecular flexibility index (Phi) is 6.29. The van der Waals surface area contributed by atoms with Crippen LogP contribution in [0.25, 0.3) is 11.3 Å². The zero-order valence-corrected chi connectivity index (χ0v) is 19.2. The van der Waals surface area contributed by atoms with Gasteiger partial charge in [-0.15, -0.1) is 10.2 Å². The van der Waals surface area contributed by atoms with Crippen LogP contribution in [0.1, 0.15) is 25.1 Å². The number of thioether (sulfide) groups is 1. The van der Waals surface area contributed by atoms with Crippen molar-refractivity contribution in [1.29, 1.82) is 0 Å². The molecule has 0 radical (unpaired) electrons. The van der Waals surface area contributed by atoms with E-state index in [-0.39, 0.29) is 0 Å². The molecule has 0 bridgehead atoms. The van der Waals surface area contributed by atoms with Gasteiger partial charge in [0.2, 0.25) is 17.3 Å². The van der Waals surface area contributed by atoms with Gasteiger partial charge in [-0.05, 0) is 42.8 Å². The molecule has 4 rings (SSSR count). The monoisotopic (exact) mass is 488 g/mol. The zero-order chi connectivity index (χ0) is 21.1. The summed E-state index contributed by atoms with van der Waals surface area (Å²) < 4.78 is 18.3. The average Bonchev–Trinajstić information content (AvgIpc) is 2.93. The van der Waals surface area contributed by atoms with E-state index in [2.05, 4.69) is 43.4 Å². The van der Waals surface area contributed by atoms with Crippen LogP contribution < -0.4 is 19.5 Å². The molecule has 1 aromatic heterocycles. The zero-order valence-electron chi connectivity index (χ0n) is 16.8. The van der Waals surface area contributed by atoms with Gasteiger partial charge >= 0.3 is 0 Å². The standard InChI is InChI=1S/C21H21BrN4O3S/c1-4-9-30-21-24-20-18(25-26-21)14-10-12(22)5-7-16(14)23-19(29-20)15-11-13(27-2)6-8-17(15)28-3/h5-8,10-11,19,23H,4,9H2,1-3H3. The maximum absolute atomic E-state index is 6.34. The van der Waals surface area contributed by atoms with Crippen molar-refractivity contribution in [2.24, 2.45) is 0 Å². The Balaban J connectivity index is 1.84. The summed E-state index contributed by atoms with van der Waals surface area (Å²) in [5, 5.41) is 12.8. The Morgan fingerprint density at radius 1 is 1.13 bits per heavy atom. The van der Waals surface area contributed by atoms with E-state index < -0.39 is 6.23 Å². The van der Waals surface area contributed by atoms with Crippen molar-refractivity contribution in [3.8, 4) is 28.6 Å². The minimum Gasteiger partial charge on any atom is -0.497 e. The summed E-state index contributed by atoms with van der Waals surface area (Å²) in [5.41, 5.74) is 3.09. The second kappa shape index (κ2) is 9.09. The van der Waals surface area contributed by atoms with E-state index >= 15 is 0 Å². The lowest BCUT2D eigenvalue weighted by molar-refractivity contribution is 0.219. The van der Waals surface area contributed by atoms with Crippen molar-refractivity contribution in [2.45, 2.75) is 24.7 Å². The van der Waals surface area contributed by atoms with Gasteiger partial charge in [-0.1, -0.05) is 34.6 Å². The number of rotatable bonds is 6. The molecule has 1 unspecified atom stereocenters. The molecule has 156 valence electrons. The summed E-state index contributed by atoms with van der Waals surface area (Å²) >= 11 is 5.10. The van der Waals surface area contributed by atoms with Crippen LogP contribution in [0.15, 0.2) is 46.0 Å². The first-order chi connectivity index (χ1) is 14.6. The fourth-order valence-electron chi connectivity index (χ4n) is 3.11. The van der Waals surface area contributed by atoms with Gasteiger partial charge in [-0.25, -0.2) is 0 Å². The average molecular weight is 489 g/mol. The van der Waals surface area contributed by atoms with Gasteiger partial charge in [0.15, 0.2) is 5.69 Å². The Bertz CT molecular complexity index is 1070. The molecule has 1 aliphatic rings. The van der Waals surface area contributed by atoms with Crippen LogP contribution in [0.5, 0.6) is 17.4 Å². The van der Waals surface area contributed by atoms with Crippen molar-refractivity contribution in [1.82, 2.24) is 15.2 Å². The number of hydrogen-bond donors (Lipinski definition) is 1. The number of hydrogen-bond acceptors (Lipinski definition) is 8. The van der Waals surface area contributed by atoms with Crippen molar-refractivity contribution in [3.63, 3.8) is 0 Å². The molecule has 0 saturated heterocycles. The molecule has 3 aromatic rings. The van der Waals surface area contributed by atoms with Crippen molar-refractivity contribution < 1.29 is 14.2 Å². The van der Waals surface area contributed by atoms with Crippen LogP contribution in [-0.2, 0) is 0 Å². The highest BCUT2D eigenvalue weighted by atomic mass is 79.9. The van der Waals surface area contributed by atoms with Crippen LogP contribution >= 0.6 is 27.7 Å². The first-order valence-corrected chi connectivity index (χ1v) is 11.2. The number of nitrogens with one attached hydrogen (secondary N) is 1. The van der Waals surface area contributed by atoms with Crippen molar-refractivity contribution in [2.75, 3.05) is 25.3 Å². The normalized spacial score (nSPS) is 14.6. The van der Waals surface area contributed by atoms with Crippen LogP contribution in [0.4, 0.5) is 5.69 Å². The number of halogens is 1. The SMILES string of the molecule is CCCSc1nnc2c(n1)OC(c1cc(OC)ccc1OC)Nc1ccc(Br)cc1-2. The molecule has 1 atom stereocenters. The second-order valence-electron chi connectivity index (χ2n) is 6.54. The number of nitrogens with zero attached hydrogens (tertiary/aromatic N) is 3. The van der Waals surface area contributed by atoms with E-state index in [1.54, 1.807) is 26.0 Å². The fraction of sp³-hybridized carbons (Fsp3) is 0.286. The minimum atomic E-state index is -0.558. The molecule has 9 heteroatoms. The molecule has 7 nitrogen and oxygen atoms in total. The molecule has 0 aliphatic carbocycles. The largest absolute Gasteiger partial charge is 0.497 e. The molecule has 0 spiro atoms. The highest BCUT2D eigenvalue weighted by molar-refractivity contribution is 9.10. The van der Waals surface area contributed by atoms with Gasteiger partial charge in [0.1, 0.15) is 11.5 Å². The Hall–Kier alpha value is -2.52. The second-order valence-corrected chi connectivity index (χ2v) is 8.51. The van der Waals surface area contributed by atoms with Gasteiger partial charge < -0.3 is 19.5 Å². The van der Waals surface area contributed by atoms with E-state index in [0.29, 0.717) is 28.2 Å². The van der Waals surface area contributed by atoms with Gasteiger partial charge in [0.05, 0.1) is 19.8 Å². The summed E-state index contributed by atoms with van der Waals surface area (Å²) in [6, 6.07) is 11.5. The molecule has 0 amide bonds. The molecule has 1 N–H and O–H groups in total. The molecule has 0 saturated carbocycles. The molecular weight excluding hydrogens is 468 g/mol. The number of benzene rings is 2. The summed E-state index contributed by atoms with van der Waals surface area (Å²) in [6.07, 6.45) is 0.462. The van der Waals surface area contributed by atoms with Gasteiger partial charge in [-0.3, -0.25) is 0 Å². The highest BCUT2D eigenvalue weighted by Crippen LogP contribution is 2.42. The third-order valence-corrected chi connectivity index (χ3v) is 6.08. The third kappa shape index (κ3) is 4.17. The highest BCUT2D eigenvalue weighted by Gasteiger charge is 2.28. The predicted octanol–water partition coefficient (Wildman–Crippen LogP) is 5.32. The molecule has 0 fully saturated rings. The topological polar surface area (TPSA) is 78.4 Å². The Labute approximate surface area is 187 Å². The molecule has 2 aromatic carbocycles. The van der Waals surface area contributed by atoms with Gasteiger partial charge in [0, 0.05) is 21.5 Å². The first kappa shape index (κ1) is 20.7. The lowest BCUT2D eigenvalue weighted by Crippen LogP contribution is -2.18.